The van der Waals surface area contributed by atoms with Crippen molar-refractivity contribution in [2.45, 2.75) is 59.0 Å². The number of anilines is 1. The Balaban J connectivity index is 1.88. The van der Waals surface area contributed by atoms with E-state index in [1.165, 1.54) is 15.3 Å². The van der Waals surface area contributed by atoms with E-state index in [-0.39, 0.29) is 44.2 Å². The lowest BCUT2D eigenvalue weighted by molar-refractivity contribution is -0.141. The number of carbonyl (C=O) groups is 2. The summed E-state index contributed by atoms with van der Waals surface area (Å²) in [6, 6.07) is 20.1. The van der Waals surface area contributed by atoms with Crippen molar-refractivity contribution in [2.75, 3.05) is 23.7 Å². The minimum absolute atomic E-state index is 0.0162. The standard InChI is InChI=1S/C32H40FN3O4S/c1-5-19-34-32(38)30(22-26-12-7-6-8-13-26)35(23-27-14-9-10-15-29(27)33)31(37)16-11-20-36(41(4,39)40)28-18-17-24(2)25(3)21-28/h6-10,12-15,17-18,21,30H,5,11,16,19-20,22-23H2,1-4H3,(H,34,38)/t30-/m0/s1. The van der Waals surface area contributed by atoms with Crippen molar-refractivity contribution in [1.29, 1.82) is 0 Å². The molecular weight excluding hydrogens is 541 g/mol. The molecule has 41 heavy (non-hydrogen) atoms. The van der Waals surface area contributed by atoms with E-state index in [9.17, 15) is 22.4 Å². The van der Waals surface area contributed by atoms with Crippen molar-refractivity contribution >= 4 is 27.5 Å². The summed E-state index contributed by atoms with van der Waals surface area (Å²) in [6.07, 6.45) is 2.33. The number of aryl methyl sites for hydroxylation is 2. The minimum Gasteiger partial charge on any atom is -0.354 e. The van der Waals surface area contributed by atoms with Gasteiger partial charge in [0, 0.05) is 38.0 Å². The lowest BCUT2D eigenvalue weighted by Crippen LogP contribution is -2.50. The minimum atomic E-state index is -3.61. The zero-order chi connectivity index (χ0) is 30.0. The van der Waals surface area contributed by atoms with Crippen LogP contribution in [0.25, 0.3) is 0 Å². The van der Waals surface area contributed by atoms with Crippen molar-refractivity contribution in [1.82, 2.24) is 10.2 Å². The van der Waals surface area contributed by atoms with Gasteiger partial charge in [0.1, 0.15) is 11.9 Å². The predicted octanol–water partition coefficient (Wildman–Crippen LogP) is 5.16. The highest BCUT2D eigenvalue weighted by Gasteiger charge is 2.31. The summed E-state index contributed by atoms with van der Waals surface area (Å²) in [5.41, 5.74) is 3.72. The van der Waals surface area contributed by atoms with Gasteiger partial charge in [-0.3, -0.25) is 13.9 Å². The second kappa shape index (κ2) is 14.8. The zero-order valence-electron chi connectivity index (χ0n) is 24.3. The number of carbonyl (C=O) groups excluding carboxylic acids is 2. The van der Waals surface area contributed by atoms with Gasteiger partial charge in [-0.05, 0) is 61.6 Å². The van der Waals surface area contributed by atoms with Crippen molar-refractivity contribution < 1.29 is 22.4 Å². The van der Waals surface area contributed by atoms with Crippen molar-refractivity contribution in [3.63, 3.8) is 0 Å². The molecule has 3 aromatic rings. The average Bonchev–Trinajstić information content (AvgIpc) is 2.94. The maximum atomic E-state index is 14.7. The van der Waals surface area contributed by atoms with Gasteiger partial charge >= 0.3 is 0 Å². The molecule has 0 aliphatic carbocycles. The first-order valence-corrected chi connectivity index (χ1v) is 15.8. The van der Waals surface area contributed by atoms with E-state index in [1.54, 1.807) is 24.3 Å². The van der Waals surface area contributed by atoms with E-state index >= 15 is 0 Å². The first kappa shape index (κ1) is 31.8. The Morgan fingerprint density at radius 2 is 1.63 bits per heavy atom. The van der Waals surface area contributed by atoms with Crippen molar-refractivity contribution in [3.05, 3.63) is 101 Å². The molecule has 1 atom stereocenters. The lowest BCUT2D eigenvalue weighted by Gasteiger charge is -2.32. The second-order valence-electron chi connectivity index (χ2n) is 10.3. The molecule has 220 valence electrons. The van der Waals surface area contributed by atoms with Crippen LogP contribution in [0.5, 0.6) is 0 Å². The van der Waals surface area contributed by atoms with Crippen LogP contribution in [0.3, 0.4) is 0 Å². The van der Waals surface area contributed by atoms with E-state index in [0.717, 1.165) is 29.4 Å². The van der Waals surface area contributed by atoms with Crippen LogP contribution in [-0.4, -0.2) is 50.5 Å². The molecular formula is C32H40FN3O4S. The number of benzene rings is 3. The first-order valence-electron chi connectivity index (χ1n) is 13.9. The molecule has 0 saturated heterocycles. The molecule has 0 radical (unpaired) electrons. The largest absolute Gasteiger partial charge is 0.354 e. The summed E-state index contributed by atoms with van der Waals surface area (Å²) in [4.78, 5) is 28.6. The molecule has 0 saturated carbocycles. The van der Waals surface area contributed by atoms with Crippen LogP contribution >= 0.6 is 0 Å². The Morgan fingerprint density at radius 1 is 0.951 bits per heavy atom. The Labute approximate surface area is 243 Å². The number of amides is 2. The van der Waals surface area contributed by atoms with Crippen LogP contribution in [-0.2, 0) is 32.6 Å². The van der Waals surface area contributed by atoms with Gasteiger partial charge in [0.2, 0.25) is 21.8 Å². The molecule has 9 heteroatoms. The summed E-state index contributed by atoms with van der Waals surface area (Å²) in [6.45, 7) is 6.26. The maximum absolute atomic E-state index is 14.7. The van der Waals surface area contributed by atoms with Crippen LogP contribution in [0.4, 0.5) is 10.1 Å². The molecule has 0 bridgehead atoms. The molecule has 0 unspecified atom stereocenters. The number of rotatable bonds is 14. The topological polar surface area (TPSA) is 86.8 Å². The first-order chi connectivity index (χ1) is 19.5. The number of hydrogen-bond donors (Lipinski definition) is 1. The van der Waals surface area contributed by atoms with Gasteiger partial charge in [-0.15, -0.1) is 0 Å². The number of nitrogens with zero attached hydrogens (tertiary/aromatic N) is 2. The van der Waals surface area contributed by atoms with Crippen molar-refractivity contribution in [2.24, 2.45) is 0 Å². The average molecular weight is 582 g/mol. The molecule has 0 fully saturated rings. The molecule has 0 spiro atoms. The third kappa shape index (κ3) is 9.14. The third-order valence-electron chi connectivity index (χ3n) is 7.05. The Kier molecular flexibility index (Phi) is 11.5. The monoisotopic (exact) mass is 581 g/mol. The Bertz CT molecular complexity index is 1430. The van der Waals surface area contributed by atoms with Crippen LogP contribution in [0.1, 0.15) is 48.4 Å². The van der Waals surface area contributed by atoms with Gasteiger partial charge in [-0.25, -0.2) is 12.8 Å². The van der Waals surface area contributed by atoms with E-state index in [2.05, 4.69) is 5.32 Å². The summed E-state index contributed by atoms with van der Waals surface area (Å²) in [5, 5.41) is 2.90. The quantitative estimate of drug-likeness (QED) is 0.285. The van der Waals surface area contributed by atoms with E-state index < -0.39 is 21.9 Å². The maximum Gasteiger partial charge on any atom is 0.243 e. The number of halogens is 1. The zero-order valence-corrected chi connectivity index (χ0v) is 25.1. The highest BCUT2D eigenvalue weighted by atomic mass is 32.2. The Morgan fingerprint density at radius 3 is 2.27 bits per heavy atom. The Hall–Kier alpha value is -3.72. The second-order valence-corrected chi connectivity index (χ2v) is 12.2. The van der Waals surface area contributed by atoms with Gasteiger partial charge in [0.05, 0.1) is 11.9 Å². The summed E-state index contributed by atoms with van der Waals surface area (Å²) >= 11 is 0. The lowest BCUT2D eigenvalue weighted by atomic mass is 10.0. The summed E-state index contributed by atoms with van der Waals surface area (Å²) in [7, 11) is -3.61. The van der Waals surface area contributed by atoms with Gasteiger partial charge < -0.3 is 10.2 Å². The molecule has 3 rings (SSSR count). The fourth-order valence-corrected chi connectivity index (χ4v) is 5.57. The van der Waals surface area contributed by atoms with Gasteiger partial charge in [0.25, 0.3) is 0 Å². The molecule has 0 aliphatic heterocycles. The normalized spacial score (nSPS) is 12.0. The highest BCUT2D eigenvalue weighted by molar-refractivity contribution is 7.92. The summed E-state index contributed by atoms with van der Waals surface area (Å²) < 4.78 is 41.3. The molecule has 0 aliphatic rings. The van der Waals surface area contributed by atoms with Gasteiger partial charge in [-0.2, -0.15) is 0 Å². The smallest absolute Gasteiger partial charge is 0.243 e. The number of sulfonamides is 1. The van der Waals surface area contributed by atoms with E-state index in [4.69, 9.17) is 0 Å². The number of hydrogen-bond acceptors (Lipinski definition) is 4. The predicted molar refractivity (Wildman–Crippen MR) is 162 cm³/mol. The van der Waals surface area contributed by atoms with Crippen LogP contribution in [0.15, 0.2) is 72.8 Å². The SMILES string of the molecule is CCCNC(=O)[C@H](Cc1ccccc1)N(Cc1ccccc1F)C(=O)CCCN(c1ccc(C)c(C)c1)S(C)(=O)=O. The fraction of sp³-hybridized carbons (Fsp3) is 0.375. The molecule has 7 nitrogen and oxygen atoms in total. The van der Waals surface area contributed by atoms with Gasteiger partial charge in [0.15, 0.2) is 0 Å². The summed E-state index contributed by atoms with van der Waals surface area (Å²) in [5.74, 6) is -1.13. The molecule has 0 heterocycles. The van der Waals surface area contributed by atoms with Crippen LogP contribution < -0.4 is 9.62 Å². The molecule has 0 aromatic heterocycles. The molecule has 1 N–H and O–H groups in total. The van der Waals surface area contributed by atoms with Gasteiger partial charge in [-0.1, -0.05) is 61.5 Å². The molecule has 3 aromatic carbocycles. The van der Waals surface area contributed by atoms with E-state index in [0.29, 0.717) is 17.8 Å². The van der Waals surface area contributed by atoms with Crippen LogP contribution in [0, 0.1) is 19.7 Å². The third-order valence-corrected chi connectivity index (χ3v) is 8.24. The highest BCUT2D eigenvalue weighted by Crippen LogP contribution is 2.23. The van der Waals surface area contributed by atoms with Crippen LogP contribution in [0.2, 0.25) is 0 Å². The van der Waals surface area contributed by atoms with Crippen molar-refractivity contribution in [3.8, 4) is 0 Å². The van der Waals surface area contributed by atoms with E-state index in [1.807, 2.05) is 63.2 Å². The molecule has 2 amide bonds. The number of nitrogens with one attached hydrogen (secondary N) is 1. The fourth-order valence-electron chi connectivity index (χ4n) is 4.61.